The van der Waals surface area contributed by atoms with Gasteiger partial charge in [-0.1, -0.05) is 72.6 Å². The van der Waals surface area contributed by atoms with Crippen molar-refractivity contribution >= 4 is 81.8 Å². The average molecular weight is 1170 g/mol. The molecule has 11 amide bonds. The third kappa shape index (κ3) is 25.0. The number of hydrogen-bond donors (Lipinski definition) is 17. The number of rotatable bonds is 39. The number of nitrogens with zero attached hydrogens (tertiary/aromatic N) is 1. The summed E-state index contributed by atoms with van der Waals surface area (Å²) in [4.78, 5) is 156. The Balaban J connectivity index is 2.57. The van der Waals surface area contributed by atoms with E-state index in [1.807, 2.05) is 13.8 Å². The van der Waals surface area contributed by atoms with Crippen LogP contribution in [0.15, 0.2) is 35.5 Å². The second-order valence-corrected chi connectivity index (χ2v) is 21.2. The first-order valence-electron chi connectivity index (χ1n) is 28.1. The third-order valence-electron chi connectivity index (χ3n) is 13.8. The number of unbranched alkanes of at least 4 members (excludes halogenated alkanes) is 1. The lowest BCUT2D eigenvalue weighted by molar-refractivity contribution is -0.137. The number of benzene rings is 1. The van der Waals surface area contributed by atoms with Crippen molar-refractivity contribution in [1.29, 1.82) is 0 Å². The summed E-state index contributed by atoms with van der Waals surface area (Å²) in [5.41, 5.74) is 34.3. The Bertz CT molecular complexity index is 2540. The summed E-state index contributed by atoms with van der Waals surface area (Å²) in [5.74, 6) is -10.5. The molecule has 0 saturated heterocycles. The van der Waals surface area contributed by atoms with Gasteiger partial charge in [-0.15, -0.1) is 0 Å². The van der Waals surface area contributed by atoms with Crippen molar-refractivity contribution in [3.8, 4) is 0 Å². The molecule has 464 valence electrons. The molecule has 1 heterocycles. The Hall–Kier alpha value is -7.92. The molecule has 0 saturated carbocycles. The van der Waals surface area contributed by atoms with E-state index in [4.69, 9.17) is 34.4 Å². The highest BCUT2D eigenvalue weighted by molar-refractivity contribution is 5.99. The van der Waals surface area contributed by atoms with Crippen molar-refractivity contribution in [3.63, 3.8) is 0 Å². The number of aliphatic hydroxyl groups excluding tert-OH is 1. The fourth-order valence-corrected chi connectivity index (χ4v) is 8.57. The number of nitrogens with two attached hydrogens (primary N) is 6. The van der Waals surface area contributed by atoms with Crippen LogP contribution in [0.4, 0.5) is 0 Å². The number of aromatic nitrogens is 1. The van der Waals surface area contributed by atoms with Gasteiger partial charge in [-0.05, 0) is 87.8 Å². The molecular formula is C54H91N17O12. The molecule has 0 fully saturated rings. The van der Waals surface area contributed by atoms with Gasteiger partial charge in [0.15, 0.2) is 5.96 Å². The Labute approximate surface area is 484 Å². The predicted octanol–water partition coefficient (Wildman–Crippen LogP) is -3.88. The van der Waals surface area contributed by atoms with Crippen LogP contribution >= 0.6 is 0 Å². The minimum atomic E-state index is -1.67. The number of amides is 11. The SMILES string of the molecule is CC[C@H](C)[C@H](NC(=O)[C@H](CC(C)C)NC(=O)[C@H](C)N)C(=O)N[C@@H](CO)C(=O)N[C@@H](Cc1c[nH]c2ccccc12)C(=O)N[C@H](C(=O)N[C@@H](CCCCN)C(=O)N[C@@H](CCCN=C(N)N)C(=O)N[C@@H](CCC(N)=O)C(=O)NCC(N)=O)[C@@H](C)CC. The Kier molecular flexibility index (Phi) is 31.3. The maximum atomic E-state index is 14.7. The van der Waals surface area contributed by atoms with Crippen molar-refractivity contribution in [2.24, 2.45) is 57.1 Å². The van der Waals surface area contributed by atoms with Gasteiger partial charge < -0.3 is 92.3 Å². The summed E-state index contributed by atoms with van der Waals surface area (Å²) in [6, 6.07) is -4.76. The zero-order valence-electron chi connectivity index (χ0n) is 48.8. The van der Waals surface area contributed by atoms with Gasteiger partial charge in [0.05, 0.1) is 19.2 Å². The summed E-state index contributed by atoms with van der Waals surface area (Å²) in [5, 5.41) is 34.7. The van der Waals surface area contributed by atoms with Crippen molar-refractivity contribution in [2.45, 2.75) is 173 Å². The van der Waals surface area contributed by atoms with Gasteiger partial charge in [-0.3, -0.25) is 57.7 Å². The highest BCUT2D eigenvalue weighted by atomic mass is 16.3. The number of nitrogens with one attached hydrogen (secondary N) is 10. The highest BCUT2D eigenvalue weighted by Crippen LogP contribution is 2.20. The van der Waals surface area contributed by atoms with Gasteiger partial charge in [0.1, 0.15) is 48.3 Å². The maximum absolute atomic E-state index is 14.7. The van der Waals surface area contributed by atoms with Gasteiger partial charge in [-0.2, -0.15) is 0 Å². The Morgan fingerprint density at radius 2 is 1.05 bits per heavy atom. The smallest absolute Gasteiger partial charge is 0.245 e. The number of guanidine groups is 1. The number of para-hydroxylation sites is 1. The molecule has 83 heavy (non-hydrogen) atoms. The van der Waals surface area contributed by atoms with E-state index in [0.717, 1.165) is 0 Å². The van der Waals surface area contributed by atoms with E-state index in [1.54, 1.807) is 58.2 Å². The first-order valence-corrected chi connectivity index (χ1v) is 28.1. The van der Waals surface area contributed by atoms with Gasteiger partial charge in [0, 0.05) is 36.5 Å². The van der Waals surface area contributed by atoms with Gasteiger partial charge in [0.2, 0.25) is 65.0 Å². The molecule has 0 unspecified atom stereocenters. The van der Waals surface area contributed by atoms with E-state index in [2.05, 4.69) is 57.8 Å². The lowest BCUT2D eigenvalue weighted by atomic mass is 9.96. The Morgan fingerprint density at radius 3 is 1.55 bits per heavy atom. The van der Waals surface area contributed by atoms with E-state index < -0.39 is 144 Å². The fraction of sp³-hybridized carbons (Fsp3) is 0.630. The van der Waals surface area contributed by atoms with Gasteiger partial charge >= 0.3 is 0 Å². The Morgan fingerprint density at radius 1 is 0.566 bits per heavy atom. The highest BCUT2D eigenvalue weighted by Gasteiger charge is 2.37. The molecule has 1 aromatic carbocycles. The molecule has 0 spiro atoms. The van der Waals surface area contributed by atoms with Crippen LogP contribution in [-0.4, -0.2) is 162 Å². The number of hydrogen-bond acceptors (Lipinski definition) is 15. The van der Waals surface area contributed by atoms with Crippen molar-refractivity contribution in [2.75, 3.05) is 26.2 Å². The molecule has 29 heteroatoms. The third-order valence-corrected chi connectivity index (χ3v) is 13.8. The topological polar surface area (TPSA) is 501 Å². The fourth-order valence-electron chi connectivity index (χ4n) is 8.57. The van der Waals surface area contributed by atoms with Crippen LogP contribution in [0.1, 0.15) is 118 Å². The molecule has 0 radical (unpaired) electrons. The maximum Gasteiger partial charge on any atom is 0.245 e. The minimum Gasteiger partial charge on any atom is -0.394 e. The van der Waals surface area contributed by atoms with Crippen LogP contribution in [0.2, 0.25) is 0 Å². The molecule has 2 rings (SSSR count). The summed E-state index contributed by atoms with van der Waals surface area (Å²) < 4.78 is 0. The number of primary amides is 2. The second kappa shape index (κ2) is 36.5. The zero-order valence-corrected chi connectivity index (χ0v) is 48.8. The molecule has 0 aliphatic heterocycles. The van der Waals surface area contributed by atoms with Crippen molar-refractivity contribution < 1.29 is 57.8 Å². The number of aliphatic hydroxyl groups is 1. The summed E-state index contributed by atoms with van der Waals surface area (Å²) in [6.07, 6.45) is 2.47. The first kappa shape index (κ1) is 71.2. The zero-order chi connectivity index (χ0) is 62.5. The molecule has 11 atom stereocenters. The number of H-pyrrole nitrogens is 1. The van der Waals surface area contributed by atoms with Gasteiger partial charge in [0.25, 0.3) is 0 Å². The monoisotopic (exact) mass is 1170 g/mol. The van der Waals surface area contributed by atoms with E-state index in [1.165, 1.54) is 6.92 Å². The van der Waals surface area contributed by atoms with Gasteiger partial charge in [-0.25, -0.2) is 0 Å². The molecule has 2 aromatic rings. The standard InChI is InChI=1S/C54H91N17O12/c1-8-29(5)43(52(82)66-35(17-12-13-21-55)47(77)64-36(18-14-22-61-54(59)60)48(78)65-37(19-20-41(57)73)46(76)63-26-42(58)74)71-50(80)39(24-32-25-62-34-16-11-10-15-33(32)34)68-51(81)40(27-72)69-53(83)44(30(6)9-2)70-49(79)38(23-28(3)4)67-45(75)31(7)56/h10-11,15-16,25,28-31,35-40,43-44,62,72H,8-9,12-14,17-24,26-27,55-56H2,1-7H3,(H2,57,73)(H2,58,74)(H,63,76)(H,64,77)(H,65,78)(H,66,82)(H,67,75)(H,68,81)(H,69,83)(H,70,79)(H,71,80)(H4,59,60,61)/t29-,30-,31-,35-,36-,37-,38-,39-,40-,43-,44-/m0/s1. The summed E-state index contributed by atoms with van der Waals surface area (Å²) in [6.45, 7) is 10.8. The van der Waals surface area contributed by atoms with E-state index >= 15 is 0 Å². The molecule has 23 N–H and O–H groups in total. The van der Waals surface area contributed by atoms with Crippen LogP contribution in [0.3, 0.4) is 0 Å². The van der Waals surface area contributed by atoms with Crippen LogP contribution in [0.5, 0.6) is 0 Å². The predicted molar refractivity (Wildman–Crippen MR) is 310 cm³/mol. The molecule has 0 aliphatic carbocycles. The summed E-state index contributed by atoms with van der Waals surface area (Å²) >= 11 is 0. The molecule has 0 bridgehead atoms. The van der Waals surface area contributed by atoms with Crippen LogP contribution in [0, 0.1) is 17.8 Å². The lowest BCUT2D eigenvalue weighted by Gasteiger charge is -2.30. The lowest BCUT2D eigenvalue weighted by Crippen LogP contribution is -2.62. The number of carbonyl (C=O) groups excluding carboxylic acids is 11. The minimum absolute atomic E-state index is 0.00716. The second-order valence-electron chi connectivity index (χ2n) is 21.2. The van der Waals surface area contributed by atoms with Crippen molar-refractivity contribution in [3.05, 3.63) is 36.0 Å². The van der Waals surface area contributed by atoms with Crippen LogP contribution < -0.4 is 82.3 Å². The molecule has 1 aromatic heterocycles. The van der Waals surface area contributed by atoms with E-state index in [9.17, 15) is 57.8 Å². The molecular weight excluding hydrogens is 1080 g/mol. The number of carbonyl (C=O) groups is 11. The van der Waals surface area contributed by atoms with Crippen molar-refractivity contribution in [1.82, 2.24) is 52.8 Å². The largest absolute Gasteiger partial charge is 0.394 e. The first-order chi connectivity index (χ1) is 39.2. The summed E-state index contributed by atoms with van der Waals surface area (Å²) in [7, 11) is 0. The number of fused-ring (bicyclic) bond motifs is 1. The van der Waals surface area contributed by atoms with E-state index in [0.29, 0.717) is 42.1 Å². The van der Waals surface area contributed by atoms with Crippen LogP contribution in [0.25, 0.3) is 10.9 Å². The molecule has 29 nitrogen and oxygen atoms in total. The normalized spacial score (nSPS) is 15.2. The quantitative estimate of drug-likeness (QED) is 0.0173. The van der Waals surface area contributed by atoms with Crippen LogP contribution in [-0.2, 0) is 59.2 Å². The number of aromatic amines is 1. The molecule has 0 aliphatic rings. The number of aliphatic imine (C=N–C) groups is 1. The van der Waals surface area contributed by atoms with E-state index in [-0.39, 0.29) is 69.9 Å². The average Bonchev–Trinajstić information content (AvgIpc) is 3.90.